The molecule has 0 amide bonds. The zero-order valence-electron chi connectivity index (χ0n) is 9.54. The number of carboxylic acids is 1. The number of hydrogen-bond donors (Lipinski definition) is 1. The van der Waals surface area contributed by atoms with Gasteiger partial charge in [0.1, 0.15) is 0 Å². The molecule has 1 N–H and O–H groups in total. The minimum atomic E-state index is -0.744. The van der Waals surface area contributed by atoms with Crippen LogP contribution >= 0.6 is 23.2 Å². The number of rotatable bonds is 4. The van der Waals surface area contributed by atoms with Gasteiger partial charge in [-0.1, -0.05) is 29.3 Å². The smallest absolute Gasteiger partial charge is 0.309 e. The highest BCUT2D eigenvalue weighted by atomic mass is 35.5. The highest BCUT2D eigenvalue weighted by molar-refractivity contribution is 6.35. The molecule has 0 saturated heterocycles. The molecule has 1 aliphatic rings. The van der Waals surface area contributed by atoms with E-state index in [2.05, 4.69) is 0 Å². The Kier molecular flexibility index (Phi) is 3.37. The Morgan fingerprint density at radius 3 is 2.59 bits per heavy atom. The lowest BCUT2D eigenvalue weighted by molar-refractivity contribution is -0.149. The maximum atomic E-state index is 11.4. The van der Waals surface area contributed by atoms with Crippen molar-refractivity contribution in [1.82, 2.24) is 0 Å². The molecule has 17 heavy (non-hydrogen) atoms. The third-order valence-corrected chi connectivity index (χ3v) is 4.13. The molecule has 1 atom stereocenters. The molecule has 2 rings (SSSR count). The van der Waals surface area contributed by atoms with Gasteiger partial charge < -0.3 is 5.11 Å². The van der Waals surface area contributed by atoms with E-state index in [-0.39, 0.29) is 5.92 Å². The van der Waals surface area contributed by atoms with Crippen LogP contribution in [0.25, 0.3) is 0 Å². The normalized spacial score (nSPS) is 18.8. The van der Waals surface area contributed by atoms with Crippen LogP contribution < -0.4 is 0 Å². The number of benzene rings is 1. The van der Waals surface area contributed by atoms with Gasteiger partial charge >= 0.3 is 5.97 Å². The van der Waals surface area contributed by atoms with E-state index in [0.717, 1.165) is 18.4 Å². The van der Waals surface area contributed by atoms with Crippen molar-refractivity contribution in [2.45, 2.75) is 26.2 Å². The molecule has 1 fully saturated rings. The first-order valence-electron chi connectivity index (χ1n) is 5.61. The summed E-state index contributed by atoms with van der Waals surface area (Å²) in [5.74, 6) is -0.474. The van der Waals surface area contributed by atoms with E-state index in [1.165, 1.54) is 0 Å². The first-order valence-corrected chi connectivity index (χ1v) is 6.36. The molecule has 1 saturated carbocycles. The average Bonchev–Trinajstić information content (AvgIpc) is 3.05. The van der Waals surface area contributed by atoms with Gasteiger partial charge in [0, 0.05) is 10.0 Å². The Balaban J connectivity index is 2.26. The molecule has 0 heterocycles. The molecule has 92 valence electrons. The predicted octanol–water partition coefficient (Wildman–Crippen LogP) is 4.04. The fourth-order valence-electron chi connectivity index (χ4n) is 2.18. The molecule has 4 heteroatoms. The second-order valence-electron chi connectivity index (χ2n) is 4.91. The average molecular weight is 273 g/mol. The summed E-state index contributed by atoms with van der Waals surface area (Å²) >= 11 is 11.9. The summed E-state index contributed by atoms with van der Waals surface area (Å²) in [6.07, 6.45) is 2.45. The van der Waals surface area contributed by atoms with Crippen molar-refractivity contribution in [3.63, 3.8) is 0 Å². The van der Waals surface area contributed by atoms with Gasteiger partial charge in [-0.15, -0.1) is 0 Å². The van der Waals surface area contributed by atoms with Crippen LogP contribution in [0.4, 0.5) is 0 Å². The summed E-state index contributed by atoms with van der Waals surface area (Å²) in [7, 11) is 0. The number of halogens is 2. The number of aliphatic carboxylic acids is 1. The second-order valence-corrected chi connectivity index (χ2v) is 5.75. The van der Waals surface area contributed by atoms with E-state index >= 15 is 0 Å². The first kappa shape index (κ1) is 12.7. The first-order chi connectivity index (χ1) is 7.93. The number of carbonyl (C=O) groups is 1. The molecule has 0 bridgehead atoms. The molecular formula is C13H14Cl2O2. The van der Waals surface area contributed by atoms with Crippen molar-refractivity contribution in [1.29, 1.82) is 0 Å². The lowest BCUT2D eigenvalue weighted by Gasteiger charge is -2.25. The molecule has 0 radical (unpaired) electrons. The number of carboxylic acid groups (broad SMARTS) is 1. The number of hydrogen-bond acceptors (Lipinski definition) is 1. The second kappa shape index (κ2) is 4.51. The molecule has 2 nitrogen and oxygen atoms in total. The quantitative estimate of drug-likeness (QED) is 0.899. The summed E-state index contributed by atoms with van der Waals surface area (Å²) in [6.45, 7) is 1.80. The van der Waals surface area contributed by atoms with Crippen LogP contribution in [-0.4, -0.2) is 11.1 Å². The molecule has 1 aromatic rings. The lowest BCUT2D eigenvalue weighted by Crippen LogP contribution is -2.32. The SMILES string of the molecule is CC(Cc1ccc(Cl)cc1Cl)(C(=O)O)C1CC1. The predicted molar refractivity (Wildman–Crippen MR) is 68.6 cm³/mol. The van der Waals surface area contributed by atoms with Gasteiger partial charge in [-0.25, -0.2) is 0 Å². The van der Waals surface area contributed by atoms with E-state index in [0.29, 0.717) is 16.5 Å². The highest BCUT2D eigenvalue weighted by Crippen LogP contribution is 2.48. The van der Waals surface area contributed by atoms with Crippen LogP contribution in [0.2, 0.25) is 10.0 Å². The van der Waals surface area contributed by atoms with E-state index in [9.17, 15) is 9.90 Å². The summed E-state index contributed by atoms with van der Waals surface area (Å²) in [4.78, 5) is 11.4. The van der Waals surface area contributed by atoms with Gasteiger partial charge in [-0.2, -0.15) is 0 Å². The molecule has 0 aliphatic heterocycles. The zero-order chi connectivity index (χ0) is 12.6. The molecule has 1 aliphatic carbocycles. The van der Waals surface area contributed by atoms with Gasteiger partial charge in [0.15, 0.2) is 0 Å². The van der Waals surface area contributed by atoms with E-state index in [1.54, 1.807) is 19.1 Å². The lowest BCUT2D eigenvalue weighted by atomic mass is 9.79. The van der Waals surface area contributed by atoms with Crippen molar-refractivity contribution in [3.05, 3.63) is 33.8 Å². The Hall–Kier alpha value is -0.730. The third-order valence-electron chi connectivity index (χ3n) is 3.54. The third kappa shape index (κ3) is 2.58. The van der Waals surface area contributed by atoms with Crippen LogP contribution in [0.1, 0.15) is 25.3 Å². The van der Waals surface area contributed by atoms with Crippen LogP contribution in [0.15, 0.2) is 18.2 Å². The van der Waals surface area contributed by atoms with E-state index < -0.39 is 11.4 Å². The van der Waals surface area contributed by atoms with Crippen molar-refractivity contribution in [2.24, 2.45) is 11.3 Å². The molecule has 1 aromatic carbocycles. The molecule has 0 aromatic heterocycles. The van der Waals surface area contributed by atoms with Gasteiger partial charge in [-0.3, -0.25) is 4.79 Å². The van der Waals surface area contributed by atoms with Crippen LogP contribution in [0.5, 0.6) is 0 Å². The zero-order valence-corrected chi connectivity index (χ0v) is 11.1. The van der Waals surface area contributed by atoms with Gasteiger partial charge in [0.05, 0.1) is 5.41 Å². The van der Waals surface area contributed by atoms with E-state index in [1.807, 2.05) is 6.07 Å². The van der Waals surface area contributed by atoms with Gasteiger partial charge in [0.2, 0.25) is 0 Å². The monoisotopic (exact) mass is 272 g/mol. The summed E-state index contributed by atoms with van der Waals surface area (Å²) in [5, 5.41) is 10.5. The van der Waals surface area contributed by atoms with Gasteiger partial charge in [-0.05, 0) is 49.8 Å². The largest absolute Gasteiger partial charge is 0.481 e. The molecular weight excluding hydrogens is 259 g/mol. The maximum absolute atomic E-state index is 11.4. The van der Waals surface area contributed by atoms with Crippen LogP contribution in [0, 0.1) is 11.3 Å². The standard InChI is InChI=1S/C13H14Cl2O2/c1-13(12(16)17,9-3-4-9)7-8-2-5-10(14)6-11(8)15/h2,5-6,9H,3-4,7H2,1H3,(H,16,17). The van der Waals surface area contributed by atoms with Crippen molar-refractivity contribution < 1.29 is 9.90 Å². The Labute approximate surface area is 111 Å². The maximum Gasteiger partial charge on any atom is 0.309 e. The summed E-state index contributed by atoms with van der Waals surface area (Å²) in [6, 6.07) is 5.22. The Morgan fingerprint density at radius 1 is 1.47 bits per heavy atom. The Morgan fingerprint density at radius 2 is 2.12 bits per heavy atom. The molecule has 1 unspecified atom stereocenters. The fraction of sp³-hybridized carbons (Fsp3) is 0.462. The summed E-state index contributed by atoms with van der Waals surface area (Å²) in [5.41, 5.74) is 0.144. The topological polar surface area (TPSA) is 37.3 Å². The van der Waals surface area contributed by atoms with Crippen molar-refractivity contribution >= 4 is 29.2 Å². The summed E-state index contributed by atoms with van der Waals surface area (Å²) < 4.78 is 0. The minimum absolute atomic E-state index is 0.270. The Bertz CT molecular complexity index is 455. The molecule has 0 spiro atoms. The van der Waals surface area contributed by atoms with Crippen LogP contribution in [0.3, 0.4) is 0 Å². The van der Waals surface area contributed by atoms with Crippen molar-refractivity contribution in [2.75, 3.05) is 0 Å². The minimum Gasteiger partial charge on any atom is -0.481 e. The van der Waals surface area contributed by atoms with Gasteiger partial charge in [0.25, 0.3) is 0 Å². The highest BCUT2D eigenvalue weighted by Gasteiger charge is 2.47. The van der Waals surface area contributed by atoms with E-state index in [4.69, 9.17) is 23.2 Å². The van der Waals surface area contributed by atoms with Crippen molar-refractivity contribution in [3.8, 4) is 0 Å². The van der Waals surface area contributed by atoms with Crippen LogP contribution in [-0.2, 0) is 11.2 Å². The fourth-order valence-corrected chi connectivity index (χ4v) is 2.65.